The van der Waals surface area contributed by atoms with Gasteiger partial charge in [-0.1, -0.05) is 6.07 Å². The molecule has 0 fully saturated rings. The maximum Gasteiger partial charge on any atom is 0.433 e. The summed E-state index contributed by atoms with van der Waals surface area (Å²) in [5.74, 6) is 0. The van der Waals surface area contributed by atoms with Gasteiger partial charge in [0.1, 0.15) is 17.5 Å². The number of hydrogen-bond acceptors (Lipinski definition) is 4. The smallest absolute Gasteiger partial charge is 0.342 e. The minimum Gasteiger partial charge on any atom is -0.342 e. The largest absolute Gasteiger partial charge is 0.433 e. The second-order valence-corrected chi connectivity index (χ2v) is 3.38. The van der Waals surface area contributed by atoms with Crippen molar-refractivity contribution in [3.8, 4) is 0 Å². The van der Waals surface area contributed by atoms with Gasteiger partial charge in [0.2, 0.25) is 0 Å². The fourth-order valence-corrected chi connectivity index (χ4v) is 1.22. The van der Waals surface area contributed by atoms with Crippen molar-refractivity contribution in [1.82, 2.24) is 24.9 Å². The van der Waals surface area contributed by atoms with Crippen LogP contribution >= 0.6 is 0 Å². The standard InChI is InChI=1S/C6H4F3N.C5H4N4/c7-6(8,9)5-3-1-2-4-10-5;1-4-5(8-2-6-1)9-3-7-4/h1-4H;1-3H,(H,6,7,8,9). The summed E-state index contributed by atoms with van der Waals surface area (Å²) in [5, 5.41) is 0. The topological polar surface area (TPSA) is 67.3 Å². The Bertz CT molecular complexity index is 605. The second kappa shape index (κ2) is 5.42. The van der Waals surface area contributed by atoms with Gasteiger partial charge in [0.25, 0.3) is 0 Å². The molecule has 0 aromatic carbocycles. The number of H-pyrrole nitrogens is 1. The molecule has 5 nitrogen and oxygen atoms in total. The fraction of sp³-hybridized carbons (Fsp3) is 0.0909. The molecule has 3 aromatic rings. The molecule has 0 aliphatic rings. The molecular weight excluding hydrogens is 259 g/mol. The maximum absolute atomic E-state index is 11.7. The Morgan fingerprint density at radius 1 is 1.05 bits per heavy atom. The molecule has 0 saturated carbocycles. The van der Waals surface area contributed by atoms with Gasteiger partial charge in [-0.05, 0) is 12.1 Å². The average Bonchev–Trinajstić information content (AvgIpc) is 2.88. The van der Waals surface area contributed by atoms with E-state index in [4.69, 9.17) is 0 Å². The summed E-state index contributed by atoms with van der Waals surface area (Å²) in [6.07, 6.45) is 1.56. The molecule has 1 N–H and O–H groups in total. The van der Waals surface area contributed by atoms with Gasteiger partial charge in [0.15, 0.2) is 5.65 Å². The van der Waals surface area contributed by atoms with Crippen molar-refractivity contribution in [2.75, 3.05) is 0 Å². The number of halogens is 3. The number of imidazole rings is 1. The lowest BCUT2D eigenvalue weighted by atomic mass is 10.3. The average molecular weight is 267 g/mol. The Morgan fingerprint density at radius 2 is 1.89 bits per heavy atom. The lowest BCUT2D eigenvalue weighted by molar-refractivity contribution is -0.141. The third-order valence-electron chi connectivity index (χ3n) is 2.05. The SMILES string of the molecule is FC(F)(F)c1ccccn1.c1ncc2[nH]cnc2n1. The molecule has 0 radical (unpaired) electrons. The lowest BCUT2D eigenvalue weighted by Crippen LogP contribution is -2.06. The van der Waals surface area contributed by atoms with Crippen molar-refractivity contribution in [3.63, 3.8) is 0 Å². The molecular formula is C11H8F3N5. The zero-order valence-corrected chi connectivity index (χ0v) is 9.46. The number of aromatic amines is 1. The van der Waals surface area contributed by atoms with Gasteiger partial charge in [-0.15, -0.1) is 0 Å². The van der Waals surface area contributed by atoms with Crippen LogP contribution in [0.1, 0.15) is 5.69 Å². The molecule has 0 unspecified atom stereocenters. The quantitative estimate of drug-likeness (QED) is 0.679. The van der Waals surface area contributed by atoms with E-state index in [9.17, 15) is 13.2 Å². The summed E-state index contributed by atoms with van der Waals surface area (Å²) in [4.78, 5) is 17.6. The third-order valence-corrected chi connectivity index (χ3v) is 2.05. The van der Waals surface area contributed by atoms with E-state index < -0.39 is 11.9 Å². The van der Waals surface area contributed by atoms with Crippen LogP contribution in [-0.2, 0) is 6.18 Å². The molecule has 0 aliphatic carbocycles. The number of alkyl halides is 3. The summed E-state index contributed by atoms with van der Waals surface area (Å²) in [6, 6.07) is 3.67. The first kappa shape index (κ1) is 12.9. The first-order chi connectivity index (χ1) is 9.07. The summed E-state index contributed by atoms with van der Waals surface area (Å²) in [6.45, 7) is 0. The van der Waals surface area contributed by atoms with Crippen LogP contribution in [0, 0.1) is 0 Å². The monoisotopic (exact) mass is 267 g/mol. The summed E-state index contributed by atoms with van der Waals surface area (Å²) in [7, 11) is 0. The molecule has 3 aromatic heterocycles. The van der Waals surface area contributed by atoms with Gasteiger partial charge in [-0.3, -0.25) is 4.98 Å². The lowest BCUT2D eigenvalue weighted by Gasteiger charge is -2.02. The normalized spacial score (nSPS) is 10.9. The first-order valence-corrected chi connectivity index (χ1v) is 5.14. The zero-order valence-electron chi connectivity index (χ0n) is 9.46. The summed E-state index contributed by atoms with van der Waals surface area (Å²) in [5.41, 5.74) is 0.734. The molecule has 19 heavy (non-hydrogen) atoms. The van der Waals surface area contributed by atoms with Crippen molar-refractivity contribution in [1.29, 1.82) is 0 Å². The van der Waals surface area contributed by atoms with E-state index >= 15 is 0 Å². The molecule has 0 spiro atoms. The van der Waals surface area contributed by atoms with Gasteiger partial charge in [-0.2, -0.15) is 13.2 Å². The predicted octanol–water partition coefficient (Wildman–Crippen LogP) is 2.45. The van der Waals surface area contributed by atoms with Gasteiger partial charge in [0, 0.05) is 6.20 Å². The van der Waals surface area contributed by atoms with E-state index in [1.54, 1.807) is 12.5 Å². The number of aromatic nitrogens is 5. The van der Waals surface area contributed by atoms with Gasteiger partial charge in [0.05, 0.1) is 12.5 Å². The number of nitrogens with one attached hydrogen (secondary N) is 1. The number of hydrogen-bond donors (Lipinski definition) is 1. The number of fused-ring (bicyclic) bond motifs is 1. The molecule has 3 rings (SSSR count). The molecule has 0 aliphatic heterocycles. The number of rotatable bonds is 0. The van der Waals surface area contributed by atoms with E-state index in [1.807, 2.05) is 0 Å². The van der Waals surface area contributed by atoms with E-state index in [-0.39, 0.29) is 0 Å². The van der Waals surface area contributed by atoms with Crippen LogP contribution in [0.4, 0.5) is 13.2 Å². The van der Waals surface area contributed by atoms with E-state index in [2.05, 4.69) is 24.9 Å². The number of pyridine rings is 1. The van der Waals surface area contributed by atoms with Crippen LogP contribution < -0.4 is 0 Å². The highest BCUT2D eigenvalue weighted by molar-refractivity contribution is 5.67. The Kier molecular flexibility index (Phi) is 3.69. The van der Waals surface area contributed by atoms with E-state index in [0.717, 1.165) is 17.8 Å². The van der Waals surface area contributed by atoms with Crippen LogP contribution in [0.15, 0.2) is 43.2 Å². The van der Waals surface area contributed by atoms with Gasteiger partial charge in [-0.25, -0.2) is 15.0 Å². The van der Waals surface area contributed by atoms with Crippen molar-refractivity contribution in [2.45, 2.75) is 6.18 Å². The molecule has 3 heterocycles. The molecule has 0 amide bonds. The van der Waals surface area contributed by atoms with Crippen molar-refractivity contribution >= 4 is 11.2 Å². The van der Waals surface area contributed by atoms with Crippen LogP contribution in [0.3, 0.4) is 0 Å². The first-order valence-electron chi connectivity index (χ1n) is 5.14. The highest BCUT2D eigenvalue weighted by Gasteiger charge is 2.31. The minimum absolute atomic E-state index is 0.713. The minimum atomic E-state index is -4.32. The molecule has 0 saturated heterocycles. The molecule has 8 heteroatoms. The Labute approximate surface area is 105 Å². The fourth-order valence-electron chi connectivity index (χ4n) is 1.22. The van der Waals surface area contributed by atoms with Crippen molar-refractivity contribution < 1.29 is 13.2 Å². The highest BCUT2D eigenvalue weighted by atomic mass is 19.4. The Balaban J connectivity index is 0.000000141. The molecule has 0 bridgehead atoms. The van der Waals surface area contributed by atoms with Crippen LogP contribution in [0.5, 0.6) is 0 Å². The Hall–Kier alpha value is -2.51. The number of nitrogens with zero attached hydrogens (tertiary/aromatic N) is 4. The summed E-state index contributed by atoms with van der Waals surface area (Å²) >= 11 is 0. The van der Waals surface area contributed by atoms with E-state index in [0.29, 0.717) is 5.65 Å². The van der Waals surface area contributed by atoms with E-state index in [1.165, 1.54) is 18.5 Å². The Morgan fingerprint density at radius 3 is 2.47 bits per heavy atom. The third kappa shape index (κ3) is 3.47. The molecule has 0 atom stereocenters. The second-order valence-electron chi connectivity index (χ2n) is 3.38. The van der Waals surface area contributed by atoms with Crippen LogP contribution in [0.2, 0.25) is 0 Å². The van der Waals surface area contributed by atoms with Crippen LogP contribution in [-0.4, -0.2) is 24.9 Å². The van der Waals surface area contributed by atoms with Crippen LogP contribution in [0.25, 0.3) is 11.2 Å². The summed E-state index contributed by atoms with van der Waals surface area (Å²) < 4.78 is 35.2. The maximum atomic E-state index is 11.7. The zero-order chi connectivity index (χ0) is 13.7. The predicted molar refractivity (Wildman–Crippen MR) is 60.9 cm³/mol. The van der Waals surface area contributed by atoms with Crippen molar-refractivity contribution in [3.05, 3.63) is 48.9 Å². The van der Waals surface area contributed by atoms with Gasteiger partial charge >= 0.3 is 6.18 Å². The van der Waals surface area contributed by atoms with Crippen molar-refractivity contribution in [2.24, 2.45) is 0 Å². The highest BCUT2D eigenvalue weighted by Crippen LogP contribution is 2.26. The molecule has 98 valence electrons. The van der Waals surface area contributed by atoms with Gasteiger partial charge < -0.3 is 4.98 Å².